The van der Waals surface area contributed by atoms with Crippen LogP contribution in [0.15, 0.2) is 41.6 Å². The first-order valence-corrected chi connectivity index (χ1v) is 15.6. The zero-order valence-electron chi connectivity index (χ0n) is 24.1. The number of benzene rings is 1. The number of aryl methyl sites for hydroxylation is 1. The van der Waals surface area contributed by atoms with Crippen LogP contribution in [0.2, 0.25) is 0 Å². The zero-order chi connectivity index (χ0) is 30.1. The number of anilines is 1. The van der Waals surface area contributed by atoms with Crippen molar-refractivity contribution in [2.24, 2.45) is 0 Å². The Morgan fingerprint density at radius 2 is 2.07 bits per heavy atom. The van der Waals surface area contributed by atoms with Crippen LogP contribution in [0.1, 0.15) is 31.2 Å². The molecule has 0 bridgehead atoms. The minimum Gasteiger partial charge on any atom is -0.462 e. The smallest absolute Gasteiger partial charge is 0.320 e. The van der Waals surface area contributed by atoms with E-state index in [0.717, 1.165) is 48.4 Å². The second kappa shape index (κ2) is 12.4. The van der Waals surface area contributed by atoms with Crippen molar-refractivity contribution in [1.29, 1.82) is 5.26 Å². The number of hydrogen-bond donors (Lipinski definition) is 0. The second-order valence-corrected chi connectivity index (χ2v) is 12.3. The maximum Gasteiger partial charge on any atom is 0.320 e. The fourth-order valence-electron chi connectivity index (χ4n) is 6.18. The van der Waals surface area contributed by atoms with E-state index in [1.165, 1.54) is 16.5 Å². The van der Waals surface area contributed by atoms with E-state index < -0.39 is 23.6 Å². The quantitative estimate of drug-likeness (QED) is 0.353. The predicted octanol–water partition coefficient (Wildman–Crippen LogP) is 4.76. The molecule has 2 saturated heterocycles. The first-order chi connectivity index (χ1) is 20.8. The maximum atomic E-state index is 15.9. The second-order valence-electron chi connectivity index (χ2n) is 11.2. The standard InChI is InChI=1S/C31H33F2N7O2S/c1-19(32)30(41)40-14-13-39(17-21(40)10-11-34)29-24-16-25(33)26(23-9-3-6-20-7-5-15-43-27(20)23)35-28(24)36-31(37-29)42-18-22-8-4-12-38(22)2/h3,6,9,16,21-22H,1,4-5,7-8,10,12-15,17-18H2,2H3/t21-,22-/m0/s1. The monoisotopic (exact) mass is 605 g/mol. The number of carbonyl (C=O) groups is 1. The highest BCUT2D eigenvalue weighted by molar-refractivity contribution is 7.99. The lowest BCUT2D eigenvalue weighted by Crippen LogP contribution is -2.55. The number of halogens is 2. The van der Waals surface area contributed by atoms with E-state index in [-0.39, 0.29) is 43.8 Å². The number of thioether (sulfide) groups is 1. The molecule has 6 rings (SSSR count). The Balaban J connectivity index is 1.41. The summed E-state index contributed by atoms with van der Waals surface area (Å²) in [4.78, 5) is 33.0. The third-order valence-corrected chi connectivity index (χ3v) is 9.73. The van der Waals surface area contributed by atoms with E-state index in [0.29, 0.717) is 23.5 Å². The Bertz CT molecular complexity index is 1610. The van der Waals surface area contributed by atoms with Gasteiger partial charge in [-0.1, -0.05) is 24.8 Å². The molecule has 12 heteroatoms. The van der Waals surface area contributed by atoms with Crippen LogP contribution >= 0.6 is 11.8 Å². The minimum absolute atomic E-state index is 0.0105. The Hall–Kier alpha value is -3.82. The summed E-state index contributed by atoms with van der Waals surface area (Å²) in [6.45, 7) is 5.15. The third-order valence-electron chi connectivity index (χ3n) is 8.47. The molecule has 224 valence electrons. The summed E-state index contributed by atoms with van der Waals surface area (Å²) in [6, 6.07) is 9.16. The van der Waals surface area contributed by atoms with E-state index >= 15 is 4.39 Å². The number of fused-ring (bicyclic) bond motifs is 2. The molecule has 5 heterocycles. The van der Waals surface area contributed by atoms with Crippen LogP contribution in [-0.2, 0) is 11.2 Å². The highest BCUT2D eigenvalue weighted by Gasteiger charge is 2.34. The number of rotatable bonds is 7. The molecule has 0 N–H and O–H groups in total. The van der Waals surface area contributed by atoms with E-state index in [2.05, 4.69) is 35.6 Å². The van der Waals surface area contributed by atoms with Gasteiger partial charge in [0.25, 0.3) is 5.91 Å². The summed E-state index contributed by atoms with van der Waals surface area (Å²) in [5.41, 5.74) is 2.45. The van der Waals surface area contributed by atoms with Gasteiger partial charge in [-0.05, 0) is 56.7 Å². The number of aromatic nitrogens is 3. The number of likely N-dealkylation sites (N-methyl/N-ethyl adjacent to an activating group) is 1. The highest BCUT2D eigenvalue weighted by atomic mass is 32.2. The lowest BCUT2D eigenvalue weighted by atomic mass is 10.0. The molecule has 0 aliphatic carbocycles. The lowest BCUT2D eigenvalue weighted by molar-refractivity contribution is -0.131. The van der Waals surface area contributed by atoms with Crippen LogP contribution in [-0.4, -0.2) is 88.3 Å². The average Bonchev–Trinajstić information content (AvgIpc) is 3.43. The van der Waals surface area contributed by atoms with Crippen LogP contribution in [0.5, 0.6) is 6.01 Å². The summed E-state index contributed by atoms with van der Waals surface area (Å²) < 4.78 is 35.8. The Morgan fingerprint density at radius 1 is 1.21 bits per heavy atom. The molecule has 9 nitrogen and oxygen atoms in total. The molecule has 2 atom stereocenters. The van der Waals surface area contributed by atoms with Crippen LogP contribution in [0.3, 0.4) is 0 Å². The topological polar surface area (TPSA) is 98.5 Å². The summed E-state index contributed by atoms with van der Waals surface area (Å²) in [7, 11) is 2.06. The van der Waals surface area contributed by atoms with E-state index in [4.69, 9.17) is 14.7 Å². The van der Waals surface area contributed by atoms with Gasteiger partial charge < -0.3 is 19.4 Å². The zero-order valence-corrected chi connectivity index (χ0v) is 24.9. The molecular weight excluding hydrogens is 572 g/mol. The van der Waals surface area contributed by atoms with Gasteiger partial charge in [0, 0.05) is 36.1 Å². The molecule has 3 aliphatic heterocycles. The van der Waals surface area contributed by atoms with Gasteiger partial charge >= 0.3 is 6.01 Å². The first kappa shape index (κ1) is 29.3. The number of nitriles is 1. The lowest BCUT2D eigenvalue weighted by Gasteiger charge is -2.41. The van der Waals surface area contributed by atoms with E-state index in [1.807, 2.05) is 17.0 Å². The van der Waals surface area contributed by atoms with Gasteiger partial charge in [-0.3, -0.25) is 4.79 Å². The van der Waals surface area contributed by atoms with Gasteiger partial charge in [-0.15, -0.1) is 11.8 Å². The summed E-state index contributed by atoms with van der Waals surface area (Å²) >= 11 is 1.72. The van der Waals surface area contributed by atoms with Crippen LogP contribution < -0.4 is 9.64 Å². The molecule has 43 heavy (non-hydrogen) atoms. The molecule has 0 saturated carbocycles. The molecule has 2 aromatic heterocycles. The fourth-order valence-corrected chi connectivity index (χ4v) is 7.35. The number of carbonyl (C=O) groups excluding carboxylic acids is 1. The highest BCUT2D eigenvalue weighted by Crippen LogP contribution is 2.40. The largest absolute Gasteiger partial charge is 0.462 e. The molecule has 0 unspecified atom stereocenters. The summed E-state index contributed by atoms with van der Waals surface area (Å²) in [5.74, 6) is -1.03. The summed E-state index contributed by atoms with van der Waals surface area (Å²) in [5, 5.41) is 9.85. The van der Waals surface area contributed by atoms with E-state index in [1.54, 1.807) is 11.8 Å². The molecule has 0 spiro atoms. The summed E-state index contributed by atoms with van der Waals surface area (Å²) in [6.07, 6.45) is 4.11. The predicted molar refractivity (Wildman–Crippen MR) is 161 cm³/mol. The van der Waals surface area contributed by atoms with Gasteiger partial charge in [-0.2, -0.15) is 15.2 Å². The number of pyridine rings is 1. The van der Waals surface area contributed by atoms with Crippen molar-refractivity contribution in [1.82, 2.24) is 24.8 Å². The van der Waals surface area contributed by atoms with Crippen molar-refractivity contribution in [2.75, 3.05) is 50.5 Å². The van der Waals surface area contributed by atoms with Gasteiger partial charge in [0.1, 0.15) is 23.9 Å². The molecule has 1 aromatic carbocycles. The van der Waals surface area contributed by atoms with Gasteiger partial charge in [0.2, 0.25) is 0 Å². The van der Waals surface area contributed by atoms with E-state index in [9.17, 15) is 14.4 Å². The van der Waals surface area contributed by atoms with Crippen molar-refractivity contribution in [3.8, 4) is 23.3 Å². The van der Waals surface area contributed by atoms with Gasteiger partial charge in [0.15, 0.2) is 11.5 Å². The van der Waals surface area contributed by atoms with Crippen LogP contribution in [0.25, 0.3) is 22.3 Å². The Kier molecular flexibility index (Phi) is 8.45. The number of amides is 1. The average molecular weight is 606 g/mol. The molecule has 0 radical (unpaired) electrons. The van der Waals surface area contributed by atoms with Crippen molar-refractivity contribution >= 4 is 34.5 Å². The van der Waals surface area contributed by atoms with Gasteiger partial charge in [-0.25, -0.2) is 13.8 Å². The molecular formula is C31H33F2N7O2S. The van der Waals surface area contributed by atoms with Crippen molar-refractivity contribution < 1.29 is 18.3 Å². The SMILES string of the molecule is C=C(F)C(=O)N1CCN(c2nc(OC[C@@H]3CCCN3C)nc3nc(-c4cccc5c4SCCC5)c(F)cc23)C[C@@H]1CC#N. The first-order valence-electron chi connectivity index (χ1n) is 14.6. The third kappa shape index (κ3) is 5.88. The van der Waals surface area contributed by atoms with Crippen molar-refractivity contribution in [3.05, 3.63) is 48.1 Å². The number of piperazine rings is 1. The molecule has 1 amide bonds. The molecule has 2 fully saturated rings. The van der Waals surface area contributed by atoms with Crippen molar-refractivity contribution in [2.45, 2.75) is 49.1 Å². The van der Waals surface area contributed by atoms with Crippen LogP contribution in [0, 0.1) is 17.1 Å². The number of ether oxygens (including phenoxy) is 1. The maximum absolute atomic E-state index is 15.9. The molecule has 3 aromatic rings. The molecule has 3 aliphatic rings. The minimum atomic E-state index is -1.07. The fraction of sp³-hybridized carbons (Fsp3) is 0.452. The number of hydrogen-bond acceptors (Lipinski definition) is 9. The Labute approximate surface area is 253 Å². The number of likely N-dealkylation sites (tertiary alicyclic amines) is 1. The van der Waals surface area contributed by atoms with Crippen molar-refractivity contribution in [3.63, 3.8) is 0 Å². The normalized spacial score (nSPS) is 20.6. The van der Waals surface area contributed by atoms with Gasteiger partial charge in [0.05, 0.1) is 23.9 Å². The Morgan fingerprint density at radius 3 is 2.84 bits per heavy atom. The van der Waals surface area contributed by atoms with Crippen LogP contribution in [0.4, 0.5) is 14.6 Å². The number of nitrogens with zero attached hydrogens (tertiary/aromatic N) is 7.